The number of nitrogens with one attached hydrogen (secondary N) is 1. The molecule has 3 heteroatoms. The first-order valence-electron chi connectivity index (χ1n) is 5.69. The molecule has 0 fully saturated rings. The Hall–Kier alpha value is -0.540. The zero-order chi connectivity index (χ0) is 12.0. The molecule has 0 aromatic heterocycles. The van der Waals surface area contributed by atoms with Gasteiger partial charge in [-0.15, -0.1) is 11.8 Å². The lowest BCUT2D eigenvalue weighted by Gasteiger charge is -2.14. The second-order valence-corrected chi connectivity index (χ2v) is 5.53. The van der Waals surface area contributed by atoms with Gasteiger partial charge < -0.3 is 5.32 Å². The summed E-state index contributed by atoms with van der Waals surface area (Å²) in [6.07, 6.45) is 0. The molecule has 1 aromatic carbocycles. The van der Waals surface area contributed by atoms with Gasteiger partial charge >= 0.3 is 0 Å². The van der Waals surface area contributed by atoms with Crippen LogP contribution in [-0.4, -0.2) is 18.3 Å². The van der Waals surface area contributed by atoms with Gasteiger partial charge in [0.05, 0.1) is 0 Å². The minimum atomic E-state index is -0.168. The summed E-state index contributed by atoms with van der Waals surface area (Å²) < 4.78 is 12.7. The van der Waals surface area contributed by atoms with Gasteiger partial charge in [0.15, 0.2) is 0 Å². The minimum absolute atomic E-state index is 0.168. The number of halogens is 1. The summed E-state index contributed by atoms with van der Waals surface area (Å²) in [4.78, 5) is 1.14. The van der Waals surface area contributed by atoms with Crippen molar-refractivity contribution in [3.8, 4) is 0 Å². The van der Waals surface area contributed by atoms with Crippen LogP contribution >= 0.6 is 11.8 Å². The molecule has 0 spiro atoms. The van der Waals surface area contributed by atoms with Crippen LogP contribution in [0.25, 0.3) is 0 Å². The number of hydrogen-bond acceptors (Lipinski definition) is 2. The van der Waals surface area contributed by atoms with Crippen molar-refractivity contribution in [1.82, 2.24) is 5.32 Å². The fourth-order valence-electron chi connectivity index (χ4n) is 1.27. The van der Waals surface area contributed by atoms with Crippen LogP contribution in [0, 0.1) is 11.7 Å². The maximum absolute atomic E-state index is 12.7. The normalized spacial score (nSPS) is 13.1. The maximum Gasteiger partial charge on any atom is 0.123 e. The standard InChI is InChI=1S/C13H20FNS/c1-10(2)15-8-11(3)9-16-13-6-4-12(14)5-7-13/h4-7,10-11,15H,8-9H2,1-3H3. The fraction of sp³-hybridized carbons (Fsp3) is 0.538. The molecular formula is C13H20FNS. The second kappa shape index (κ2) is 6.92. The topological polar surface area (TPSA) is 12.0 Å². The van der Waals surface area contributed by atoms with Crippen LogP contribution in [0.4, 0.5) is 4.39 Å². The van der Waals surface area contributed by atoms with E-state index < -0.39 is 0 Å². The molecule has 1 atom stereocenters. The van der Waals surface area contributed by atoms with Gasteiger partial charge in [0, 0.05) is 16.7 Å². The van der Waals surface area contributed by atoms with E-state index in [0.717, 1.165) is 17.2 Å². The predicted octanol–water partition coefficient (Wildman–Crippen LogP) is 3.55. The Balaban J connectivity index is 2.26. The van der Waals surface area contributed by atoms with Gasteiger partial charge in [-0.3, -0.25) is 0 Å². The van der Waals surface area contributed by atoms with Gasteiger partial charge in [-0.1, -0.05) is 20.8 Å². The highest BCUT2D eigenvalue weighted by molar-refractivity contribution is 7.99. The summed E-state index contributed by atoms with van der Waals surface area (Å²) in [5.74, 6) is 1.52. The fourth-order valence-corrected chi connectivity index (χ4v) is 2.19. The van der Waals surface area contributed by atoms with Crippen molar-refractivity contribution in [2.45, 2.75) is 31.7 Å². The van der Waals surface area contributed by atoms with Crippen LogP contribution in [0.3, 0.4) is 0 Å². The maximum atomic E-state index is 12.7. The van der Waals surface area contributed by atoms with Gasteiger partial charge in [0.1, 0.15) is 5.82 Å². The SMILES string of the molecule is CC(CNC(C)C)CSc1ccc(F)cc1. The molecule has 0 heterocycles. The molecule has 0 saturated carbocycles. The largest absolute Gasteiger partial charge is 0.314 e. The van der Waals surface area contributed by atoms with E-state index in [1.807, 2.05) is 12.1 Å². The predicted molar refractivity (Wildman–Crippen MR) is 69.4 cm³/mol. The lowest BCUT2D eigenvalue weighted by molar-refractivity contribution is 0.510. The molecule has 1 rings (SSSR count). The summed E-state index contributed by atoms with van der Waals surface area (Å²) in [6.45, 7) is 7.57. The Bertz CT molecular complexity index is 297. The lowest BCUT2D eigenvalue weighted by atomic mass is 10.2. The van der Waals surface area contributed by atoms with E-state index in [1.54, 1.807) is 11.8 Å². The Labute approximate surface area is 102 Å². The van der Waals surface area contributed by atoms with Crippen LogP contribution in [0.15, 0.2) is 29.2 Å². The van der Waals surface area contributed by atoms with Gasteiger partial charge in [0.25, 0.3) is 0 Å². The third-order valence-corrected chi connectivity index (χ3v) is 3.56. The average Bonchev–Trinajstić information content (AvgIpc) is 2.25. The highest BCUT2D eigenvalue weighted by Crippen LogP contribution is 2.20. The van der Waals surface area contributed by atoms with E-state index >= 15 is 0 Å². The van der Waals surface area contributed by atoms with Crippen molar-refractivity contribution in [3.63, 3.8) is 0 Å². The van der Waals surface area contributed by atoms with Gasteiger partial charge in [0.2, 0.25) is 0 Å². The first kappa shape index (κ1) is 13.5. The van der Waals surface area contributed by atoms with E-state index in [4.69, 9.17) is 0 Å². The van der Waals surface area contributed by atoms with Crippen LogP contribution in [-0.2, 0) is 0 Å². The molecular weight excluding hydrogens is 221 g/mol. The molecule has 0 aliphatic carbocycles. The summed E-state index contributed by atoms with van der Waals surface area (Å²) in [6, 6.07) is 7.24. The van der Waals surface area contributed by atoms with Crippen LogP contribution in [0.2, 0.25) is 0 Å². The zero-order valence-electron chi connectivity index (χ0n) is 10.2. The van der Waals surface area contributed by atoms with E-state index in [1.165, 1.54) is 12.1 Å². The summed E-state index contributed by atoms with van der Waals surface area (Å²) >= 11 is 1.78. The second-order valence-electron chi connectivity index (χ2n) is 4.43. The van der Waals surface area contributed by atoms with Crippen molar-refractivity contribution in [2.75, 3.05) is 12.3 Å². The molecule has 16 heavy (non-hydrogen) atoms. The van der Waals surface area contributed by atoms with Crippen LogP contribution in [0.5, 0.6) is 0 Å². The van der Waals surface area contributed by atoms with Gasteiger partial charge in [-0.2, -0.15) is 0 Å². The molecule has 1 N–H and O–H groups in total. The van der Waals surface area contributed by atoms with E-state index in [0.29, 0.717) is 12.0 Å². The summed E-state index contributed by atoms with van der Waals surface area (Å²) in [5, 5.41) is 3.42. The monoisotopic (exact) mass is 241 g/mol. The zero-order valence-corrected chi connectivity index (χ0v) is 11.0. The number of hydrogen-bond donors (Lipinski definition) is 1. The van der Waals surface area contributed by atoms with Crippen molar-refractivity contribution in [3.05, 3.63) is 30.1 Å². The third-order valence-electron chi connectivity index (χ3n) is 2.22. The number of thioether (sulfide) groups is 1. The van der Waals surface area contributed by atoms with Crippen molar-refractivity contribution < 1.29 is 4.39 Å². The summed E-state index contributed by atoms with van der Waals surface area (Å²) in [7, 11) is 0. The summed E-state index contributed by atoms with van der Waals surface area (Å²) in [5.41, 5.74) is 0. The van der Waals surface area contributed by atoms with Crippen molar-refractivity contribution >= 4 is 11.8 Å². The Morgan fingerprint density at radius 2 is 1.81 bits per heavy atom. The molecule has 90 valence electrons. The molecule has 0 aliphatic heterocycles. The Kier molecular flexibility index (Phi) is 5.85. The van der Waals surface area contributed by atoms with Crippen molar-refractivity contribution in [1.29, 1.82) is 0 Å². The van der Waals surface area contributed by atoms with Crippen LogP contribution < -0.4 is 5.32 Å². The quantitative estimate of drug-likeness (QED) is 0.764. The number of rotatable bonds is 6. The van der Waals surface area contributed by atoms with Crippen LogP contribution in [0.1, 0.15) is 20.8 Å². The molecule has 0 amide bonds. The molecule has 0 bridgehead atoms. The Morgan fingerprint density at radius 3 is 2.38 bits per heavy atom. The highest BCUT2D eigenvalue weighted by Gasteiger charge is 2.04. The third kappa shape index (κ3) is 5.52. The Morgan fingerprint density at radius 1 is 1.19 bits per heavy atom. The number of benzene rings is 1. The van der Waals surface area contributed by atoms with Crippen molar-refractivity contribution in [2.24, 2.45) is 5.92 Å². The molecule has 0 saturated heterocycles. The molecule has 1 aromatic rings. The van der Waals surface area contributed by atoms with E-state index in [9.17, 15) is 4.39 Å². The van der Waals surface area contributed by atoms with Gasteiger partial charge in [-0.05, 0) is 36.7 Å². The minimum Gasteiger partial charge on any atom is -0.314 e. The first-order valence-corrected chi connectivity index (χ1v) is 6.68. The molecule has 0 radical (unpaired) electrons. The van der Waals surface area contributed by atoms with E-state index in [2.05, 4.69) is 26.1 Å². The first-order chi connectivity index (χ1) is 7.58. The lowest BCUT2D eigenvalue weighted by Crippen LogP contribution is -2.28. The molecule has 0 aliphatic rings. The molecule has 1 unspecified atom stereocenters. The van der Waals surface area contributed by atoms with Gasteiger partial charge in [-0.25, -0.2) is 4.39 Å². The molecule has 1 nitrogen and oxygen atoms in total. The van der Waals surface area contributed by atoms with E-state index in [-0.39, 0.29) is 5.82 Å². The smallest absolute Gasteiger partial charge is 0.123 e. The average molecular weight is 241 g/mol. The highest BCUT2D eigenvalue weighted by atomic mass is 32.2.